The van der Waals surface area contributed by atoms with Crippen LogP contribution in [-0.2, 0) is 20.9 Å². The molecular weight excluding hydrogens is 396 g/mol. The number of amides is 1. The van der Waals surface area contributed by atoms with E-state index in [1.807, 2.05) is 25.1 Å². The molecule has 1 aliphatic heterocycles. The second kappa shape index (κ2) is 11.0. The Morgan fingerprint density at radius 3 is 2.81 bits per heavy atom. The molecular formula is C23H34N4O4. The monoisotopic (exact) mass is 430 g/mol. The zero-order chi connectivity index (χ0) is 22.2. The van der Waals surface area contributed by atoms with Crippen LogP contribution in [0.5, 0.6) is 5.75 Å². The van der Waals surface area contributed by atoms with Gasteiger partial charge in [0.25, 0.3) is 0 Å². The number of nitrogens with zero attached hydrogens (tertiary/aromatic N) is 2. The fraction of sp³-hybridized carbons (Fsp3) is 0.609. The van der Waals surface area contributed by atoms with E-state index in [1.54, 1.807) is 4.90 Å². The molecule has 1 atom stereocenters. The molecule has 170 valence electrons. The summed E-state index contributed by atoms with van der Waals surface area (Å²) in [4.78, 5) is 29.7. The normalized spacial score (nSPS) is 17.4. The topological polar surface area (TPSA) is 106 Å². The van der Waals surface area contributed by atoms with E-state index in [0.717, 1.165) is 42.7 Å². The summed E-state index contributed by atoms with van der Waals surface area (Å²) >= 11 is 0. The van der Waals surface area contributed by atoms with Crippen LogP contribution < -0.4 is 15.8 Å². The molecule has 1 aliphatic carbocycles. The summed E-state index contributed by atoms with van der Waals surface area (Å²) in [5.41, 5.74) is 7.71. The minimum absolute atomic E-state index is 0.0127. The van der Waals surface area contributed by atoms with Gasteiger partial charge in [0.05, 0.1) is 18.9 Å². The Balaban J connectivity index is 1.44. The lowest BCUT2D eigenvalue weighted by atomic mass is 9.95. The Morgan fingerprint density at radius 1 is 1.29 bits per heavy atom. The van der Waals surface area contributed by atoms with Crippen molar-refractivity contribution in [2.75, 3.05) is 13.7 Å². The second-order valence-electron chi connectivity index (χ2n) is 8.42. The summed E-state index contributed by atoms with van der Waals surface area (Å²) in [7, 11) is 1.35. The van der Waals surface area contributed by atoms with Gasteiger partial charge < -0.3 is 25.4 Å². The lowest BCUT2D eigenvalue weighted by Gasteiger charge is -2.27. The molecule has 1 aromatic carbocycles. The molecule has 31 heavy (non-hydrogen) atoms. The number of nitrogens with two attached hydrogens (primary N) is 1. The van der Waals surface area contributed by atoms with Crippen LogP contribution in [0.4, 0.5) is 5.69 Å². The Kier molecular flexibility index (Phi) is 8.14. The molecule has 1 heterocycles. The van der Waals surface area contributed by atoms with Crippen molar-refractivity contribution in [2.24, 2.45) is 10.7 Å². The third kappa shape index (κ3) is 6.87. The number of nitrogens with one attached hydrogen (secondary N) is 1. The highest BCUT2D eigenvalue weighted by Crippen LogP contribution is 2.30. The van der Waals surface area contributed by atoms with Gasteiger partial charge in [-0.25, -0.2) is 4.99 Å². The first kappa shape index (κ1) is 22.9. The van der Waals surface area contributed by atoms with E-state index in [0.29, 0.717) is 19.0 Å². The van der Waals surface area contributed by atoms with Gasteiger partial charge in [-0.2, -0.15) is 0 Å². The van der Waals surface area contributed by atoms with Gasteiger partial charge >= 0.3 is 5.97 Å². The minimum Gasteiger partial charge on any atom is -0.491 e. The average molecular weight is 431 g/mol. The fourth-order valence-electron chi connectivity index (χ4n) is 4.08. The lowest BCUT2D eigenvalue weighted by Crippen LogP contribution is -2.42. The predicted molar refractivity (Wildman–Crippen MR) is 119 cm³/mol. The Morgan fingerprint density at radius 2 is 2.06 bits per heavy atom. The number of guanidine groups is 1. The summed E-state index contributed by atoms with van der Waals surface area (Å²) in [5.74, 6) is 0.792. The van der Waals surface area contributed by atoms with Crippen LogP contribution in [0.25, 0.3) is 0 Å². The van der Waals surface area contributed by atoms with E-state index < -0.39 is 0 Å². The molecule has 1 fully saturated rings. The first-order chi connectivity index (χ1) is 14.9. The van der Waals surface area contributed by atoms with E-state index in [9.17, 15) is 9.59 Å². The summed E-state index contributed by atoms with van der Waals surface area (Å²) in [5, 5.41) is 3.16. The summed E-state index contributed by atoms with van der Waals surface area (Å²) < 4.78 is 10.7. The summed E-state index contributed by atoms with van der Waals surface area (Å²) in [6.07, 6.45) is 8.05. The molecule has 1 amide bonds. The third-order valence-corrected chi connectivity index (χ3v) is 5.85. The smallest absolute Gasteiger partial charge is 0.325 e. The molecule has 0 radical (unpaired) electrons. The zero-order valence-electron chi connectivity index (χ0n) is 18.6. The van der Waals surface area contributed by atoms with Gasteiger partial charge in [0, 0.05) is 25.1 Å². The number of fused-ring (bicyclic) bond motifs is 1. The molecule has 3 N–H and O–H groups in total. The van der Waals surface area contributed by atoms with E-state index in [1.165, 1.54) is 26.4 Å². The van der Waals surface area contributed by atoms with Crippen LogP contribution >= 0.6 is 0 Å². The highest BCUT2D eigenvalue weighted by atomic mass is 16.5. The number of hydrogen-bond donors (Lipinski definition) is 2. The van der Waals surface area contributed by atoms with Crippen LogP contribution in [0.1, 0.15) is 63.9 Å². The van der Waals surface area contributed by atoms with Gasteiger partial charge in [-0.05, 0) is 44.2 Å². The molecule has 8 nitrogen and oxygen atoms in total. The number of ether oxygens (including phenoxy) is 2. The maximum absolute atomic E-state index is 12.1. The maximum atomic E-state index is 12.1. The van der Waals surface area contributed by atoms with E-state index in [2.05, 4.69) is 10.3 Å². The van der Waals surface area contributed by atoms with Gasteiger partial charge in [-0.1, -0.05) is 25.3 Å². The standard InChI is InChI=1S/C23H34N4O4/c1-16(7-6-10-21(28)25-18-8-4-3-5-9-18)31-19-12-11-17-14-27(15-22(29)30-2)23(24)26-20(17)13-19/h11-13,16,18H,3-10,14-15H2,1-2H3,(H2,24,26)(H,25,28). The quantitative estimate of drug-likeness (QED) is 0.584. The summed E-state index contributed by atoms with van der Waals surface area (Å²) in [6, 6.07) is 6.07. The molecule has 3 rings (SSSR count). The molecule has 1 aromatic rings. The molecule has 1 unspecified atom stereocenters. The van der Waals surface area contributed by atoms with Gasteiger partial charge in [0.15, 0.2) is 5.96 Å². The molecule has 0 spiro atoms. The molecule has 0 aromatic heterocycles. The fourth-order valence-corrected chi connectivity index (χ4v) is 4.08. The van der Waals surface area contributed by atoms with Crippen LogP contribution in [0.3, 0.4) is 0 Å². The van der Waals surface area contributed by atoms with Gasteiger partial charge in [0.2, 0.25) is 5.91 Å². The molecule has 1 saturated carbocycles. The van der Waals surface area contributed by atoms with E-state index in [-0.39, 0.29) is 30.5 Å². The number of methoxy groups -OCH3 is 1. The van der Waals surface area contributed by atoms with Crippen molar-refractivity contribution < 1.29 is 19.1 Å². The van der Waals surface area contributed by atoms with Crippen molar-refractivity contribution in [3.8, 4) is 5.75 Å². The van der Waals surface area contributed by atoms with Crippen LogP contribution in [0.2, 0.25) is 0 Å². The van der Waals surface area contributed by atoms with Crippen LogP contribution in [0.15, 0.2) is 23.2 Å². The van der Waals surface area contributed by atoms with Gasteiger partial charge in [-0.15, -0.1) is 0 Å². The Bertz CT molecular complexity index is 805. The summed E-state index contributed by atoms with van der Waals surface area (Å²) in [6.45, 7) is 2.56. The minimum atomic E-state index is -0.359. The first-order valence-corrected chi connectivity index (χ1v) is 11.2. The van der Waals surface area contributed by atoms with Crippen molar-refractivity contribution in [2.45, 2.75) is 77.0 Å². The van der Waals surface area contributed by atoms with Gasteiger partial charge in [0.1, 0.15) is 12.3 Å². The largest absolute Gasteiger partial charge is 0.491 e. The SMILES string of the molecule is COC(=O)CN1Cc2ccc(OC(C)CCCC(=O)NC3CCCCC3)cc2N=C1N. The highest BCUT2D eigenvalue weighted by Gasteiger charge is 2.21. The van der Waals surface area contributed by atoms with Crippen molar-refractivity contribution in [3.05, 3.63) is 23.8 Å². The van der Waals surface area contributed by atoms with E-state index in [4.69, 9.17) is 15.2 Å². The number of esters is 1. The first-order valence-electron chi connectivity index (χ1n) is 11.2. The Labute approximate surface area is 184 Å². The van der Waals surface area contributed by atoms with Crippen molar-refractivity contribution >= 4 is 23.5 Å². The predicted octanol–water partition coefficient (Wildman–Crippen LogP) is 3.01. The average Bonchev–Trinajstić information content (AvgIpc) is 2.75. The number of hydrogen-bond acceptors (Lipinski definition) is 7. The van der Waals surface area contributed by atoms with Crippen molar-refractivity contribution in [3.63, 3.8) is 0 Å². The van der Waals surface area contributed by atoms with Crippen molar-refractivity contribution in [1.82, 2.24) is 10.2 Å². The molecule has 0 bridgehead atoms. The Hall–Kier alpha value is -2.77. The third-order valence-electron chi connectivity index (χ3n) is 5.85. The molecule has 2 aliphatic rings. The van der Waals surface area contributed by atoms with Crippen LogP contribution in [-0.4, -0.2) is 48.5 Å². The molecule has 8 heteroatoms. The number of carbonyl (C=O) groups excluding carboxylic acids is 2. The highest BCUT2D eigenvalue weighted by molar-refractivity contribution is 5.87. The van der Waals surface area contributed by atoms with Crippen molar-refractivity contribution in [1.29, 1.82) is 0 Å². The molecule has 0 saturated heterocycles. The second-order valence-corrected chi connectivity index (χ2v) is 8.42. The lowest BCUT2D eigenvalue weighted by molar-refractivity contribution is -0.141. The number of benzene rings is 1. The number of carbonyl (C=O) groups is 2. The zero-order valence-corrected chi connectivity index (χ0v) is 18.6. The van der Waals surface area contributed by atoms with E-state index >= 15 is 0 Å². The number of rotatable bonds is 9. The maximum Gasteiger partial charge on any atom is 0.325 e. The van der Waals surface area contributed by atoms with Crippen LogP contribution in [0, 0.1) is 0 Å². The van der Waals surface area contributed by atoms with Gasteiger partial charge in [-0.3, -0.25) is 9.59 Å². The number of aliphatic imine (C=N–C) groups is 1.